The fraction of sp³-hybridized carbons (Fsp3) is 0.778. The van der Waals surface area contributed by atoms with Crippen molar-refractivity contribution in [1.29, 1.82) is 0 Å². The van der Waals surface area contributed by atoms with Gasteiger partial charge < -0.3 is 20.3 Å². The first-order valence-corrected chi connectivity index (χ1v) is 4.82. The highest BCUT2D eigenvalue weighted by molar-refractivity contribution is 5.85. The highest BCUT2D eigenvalue weighted by Crippen LogP contribution is 2.20. The molecular formula is C9H15NO5. The molecule has 1 aliphatic rings. The van der Waals surface area contributed by atoms with Crippen molar-refractivity contribution in [3.63, 3.8) is 0 Å². The van der Waals surface area contributed by atoms with Crippen molar-refractivity contribution in [2.45, 2.75) is 25.5 Å². The van der Waals surface area contributed by atoms with Gasteiger partial charge in [0.05, 0.1) is 18.6 Å². The molecule has 0 aromatic heterocycles. The minimum atomic E-state index is -1.24. The Hall–Kier alpha value is -1.14. The van der Waals surface area contributed by atoms with Crippen LogP contribution in [0.1, 0.15) is 13.3 Å². The maximum Gasteiger partial charge on any atom is 0.328 e. The molecule has 1 fully saturated rings. The first-order chi connectivity index (χ1) is 7.06. The average molecular weight is 217 g/mol. The summed E-state index contributed by atoms with van der Waals surface area (Å²) in [5.74, 6) is -1.93. The summed E-state index contributed by atoms with van der Waals surface area (Å²) in [5, 5.41) is 19.6. The van der Waals surface area contributed by atoms with Gasteiger partial charge in [-0.3, -0.25) is 4.79 Å². The number of carbonyl (C=O) groups excluding carboxylic acids is 1. The van der Waals surface area contributed by atoms with Gasteiger partial charge in [-0.15, -0.1) is 0 Å². The van der Waals surface area contributed by atoms with Crippen LogP contribution < -0.4 is 5.32 Å². The number of aliphatic carboxylic acids is 1. The molecule has 1 heterocycles. The summed E-state index contributed by atoms with van der Waals surface area (Å²) < 4.78 is 5.19. The lowest BCUT2D eigenvalue weighted by Gasteiger charge is -2.17. The topological polar surface area (TPSA) is 95.9 Å². The molecule has 1 aliphatic heterocycles. The molecule has 0 aliphatic carbocycles. The van der Waals surface area contributed by atoms with Crippen LogP contribution in [0, 0.1) is 5.92 Å². The Kier molecular flexibility index (Phi) is 4.05. The number of amides is 1. The zero-order chi connectivity index (χ0) is 11.4. The zero-order valence-corrected chi connectivity index (χ0v) is 8.47. The van der Waals surface area contributed by atoms with E-state index in [0.29, 0.717) is 13.0 Å². The van der Waals surface area contributed by atoms with Crippen LogP contribution in [0.15, 0.2) is 0 Å². The van der Waals surface area contributed by atoms with E-state index in [1.165, 1.54) is 0 Å². The van der Waals surface area contributed by atoms with Gasteiger partial charge in [0.25, 0.3) is 0 Å². The SMILES string of the molecule is CC1OCCC1C(=O)NC(CO)C(=O)O. The number of carboxylic acid groups (broad SMARTS) is 1. The Morgan fingerprint density at radius 2 is 2.27 bits per heavy atom. The van der Waals surface area contributed by atoms with Crippen LogP contribution in [-0.2, 0) is 14.3 Å². The molecule has 0 saturated carbocycles. The summed E-state index contributed by atoms with van der Waals surface area (Å²) in [7, 11) is 0. The molecule has 3 atom stereocenters. The van der Waals surface area contributed by atoms with Gasteiger partial charge in [0.2, 0.25) is 5.91 Å². The molecule has 1 rings (SSSR count). The summed E-state index contributed by atoms with van der Waals surface area (Å²) in [6.45, 7) is 1.67. The fourth-order valence-electron chi connectivity index (χ4n) is 1.54. The lowest BCUT2D eigenvalue weighted by Crippen LogP contribution is -2.46. The van der Waals surface area contributed by atoms with Gasteiger partial charge in [0, 0.05) is 6.61 Å². The van der Waals surface area contributed by atoms with Crippen molar-refractivity contribution < 1.29 is 24.5 Å². The Labute approximate surface area is 87.2 Å². The van der Waals surface area contributed by atoms with E-state index < -0.39 is 18.6 Å². The lowest BCUT2D eigenvalue weighted by atomic mass is 10.0. The van der Waals surface area contributed by atoms with Crippen LogP contribution in [0.25, 0.3) is 0 Å². The van der Waals surface area contributed by atoms with Gasteiger partial charge in [-0.25, -0.2) is 4.79 Å². The quantitative estimate of drug-likeness (QED) is 0.559. The maximum atomic E-state index is 11.6. The third-order valence-corrected chi connectivity index (χ3v) is 2.51. The second kappa shape index (κ2) is 5.09. The smallest absolute Gasteiger partial charge is 0.328 e. The predicted octanol–water partition coefficient (Wildman–Crippen LogP) is -1.03. The number of carboxylic acids is 1. The van der Waals surface area contributed by atoms with E-state index in [4.69, 9.17) is 14.9 Å². The molecule has 1 amide bonds. The monoisotopic (exact) mass is 217 g/mol. The molecule has 0 aromatic carbocycles. The maximum absolute atomic E-state index is 11.6. The first kappa shape index (κ1) is 11.9. The number of ether oxygens (including phenoxy) is 1. The molecule has 0 radical (unpaired) electrons. The van der Waals surface area contributed by atoms with Crippen LogP contribution in [0.5, 0.6) is 0 Å². The van der Waals surface area contributed by atoms with E-state index in [1.54, 1.807) is 6.92 Å². The third kappa shape index (κ3) is 2.90. The predicted molar refractivity (Wildman–Crippen MR) is 50.2 cm³/mol. The number of nitrogens with one attached hydrogen (secondary N) is 1. The number of carbonyl (C=O) groups is 2. The highest BCUT2D eigenvalue weighted by atomic mass is 16.5. The Morgan fingerprint density at radius 1 is 1.60 bits per heavy atom. The van der Waals surface area contributed by atoms with Crippen LogP contribution >= 0.6 is 0 Å². The molecule has 0 spiro atoms. The highest BCUT2D eigenvalue weighted by Gasteiger charge is 2.32. The van der Waals surface area contributed by atoms with Gasteiger partial charge in [0.1, 0.15) is 6.04 Å². The van der Waals surface area contributed by atoms with Gasteiger partial charge in [-0.05, 0) is 13.3 Å². The van der Waals surface area contributed by atoms with Crippen molar-refractivity contribution in [3.8, 4) is 0 Å². The largest absolute Gasteiger partial charge is 0.480 e. The van der Waals surface area contributed by atoms with Crippen molar-refractivity contribution >= 4 is 11.9 Å². The van der Waals surface area contributed by atoms with E-state index in [2.05, 4.69) is 5.32 Å². The minimum absolute atomic E-state index is 0.196. The van der Waals surface area contributed by atoms with Crippen molar-refractivity contribution in [2.24, 2.45) is 5.92 Å². The van der Waals surface area contributed by atoms with Gasteiger partial charge in [-0.1, -0.05) is 0 Å². The standard InChI is InChI=1S/C9H15NO5/c1-5-6(2-3-15-5)8(12)10-7(4-11)9(13)14/h5-7,11H,2-4H2,1H3,(H,10,12)(H,13,14). The van der Waals surface area contributed by atoms with E-state index >= 15 is 0 Å². The van der Waals surface area contributed by atoms with Crippen molar-refractivity contribution in [2.75, 3.05) is 13.2 Å². The number of aliphatic hydroxyl groups excluding tert-OH is 1. The van der Waals surface area contributed by atoms with Crippen molar-refractivity contribution in [3.05, 3.63) is 0 Å². The van der Waals surface area contributed by atoms with Gasteiger partial charge in [0.15, 0.2) is 0 Å². The van der Waals surface area contributed by atoms with Gasteiger partial charge >= 0.3 is 5.97 Å². The average Bonchev–Trinajstić information content (AvgIpc) is 2.60. The summed E-state index contributed by atoms with van der Waals surface area (Å²) in [4.78, 5) is 22.1. The summed E-state index contributed by atoms with van der Waals surface area (Å²) >= 11 is 0. The Morgan fingerprint density at radius 3 is 2.67 bits per heavy atom. The minimum Gasteiger partial charge on any atom is -0.480 e. The lowest BCUT2D eigenvalue weighted by molar-refractivity contribution is -0.143. The molecule has 6 nitrogen and oxygen atoms in total. The van der Waals surface area contributed by atoms with Crippen LogP contribution in [0.2, 0.25) is 0 Å². The third-order valence-electron chi connectivity index (χ3n) is 2.51. The Bertz CT molecular complexity index is 255. The van der Waals surface area contributed by atoms with Gasteiger partial charge in [-0.2, -0.15) is 0 Å². The molecular weight excluding hydrogens is 202 g/mol. The Balaban J connectivity index is 2.50. The first-order valence-electron chi connectivity index (χ1n) is 4.82. The second-order valence-corrected chi connectivity index (χ2v) is 3.55. The van der Waals surface area contributed by atoms with Crippen molar-refractivity contribution in [1.82, 2.24) is 5.32 Å². The summed E-state index contributed by atoms with van der Waals surface area (Å²) in [6, 6.07) is -1.23. The number of rotatable bonds is 4. The summed E-state index contributed by atoms with van der Waals surface area (Å²) in [5.41, 5.74) is 0. The number of hydrogen-bond donors (Lipinski definition) is 3. The molecule has 3 unspecified atom stereocenters. The fourth-order valence-corrected chi connectivity index (χ4v) is 1.54. The molecule has 86 valence electrons. The van der Waals surface area contributed by atoms with E-state index in [0.717, 1.165) is 0 Å². The molecule has 3 N–H and O–H groups in total. The van der Waals surface area contributed by atoms with E-state index in [-0.39, 0.29) is 17.9 Å². The second-order valence-electron chi connectivity index (χ2n) is 3.55. The molecule has 1 saturated heterocycles. The molecule has 15 heavy (non-hydrogen) atoms. The van der Waals surface area contributed by atoms with Crippen LogP contribution in [-0.4, -0.2) is 47.4 Å². The molecule has 6 heteroatoms. The number of aliphatic hydroxyl groups is 1. The molecule has 0 bridgehead atoms. The van der Waals surface area contributed by atoms with Crippen LogP contribution in [0.4, 0.5) is 0 Å². The van der Waals surface area contributed by atoms with Crippen LogP contribution in [0.3, 0.4) is 0 Å². The zero-order valence-electron chi connectivity index (χ0n) is 8.47. The number of hydrogen-bond acceptors (Lipinski definition) is 4. The van der Waals surface area contributed by atoms with E-state index in [9.17, 15) is 9.59 Å². The summed E-state index contributed by atoms with van der Waals surface area (Å²) in [6.07, 6.45) is 0.392. The molecule has 0 aromatic rings. The normalized spacial score (nSPS) is 27.3. The van der Waals surface area contributed by atoms with E-state index in [1.807, 2.05) is 0 Å².